The molecule has 2 heterocycles. The molecule has 0 aromatic carbocycles. The van der Waals surface area contributed by atoms with Gasteiger partial charge in [-0.1, -0.05) is 194 Å². The van der Waals surface area contributed by atoms with Crippen molar-refractivity contribution in [3.8, 4) is 11.5 Å². The molecule has 0 fully saturated rings. The quantitative estimate of drug-likeness (QED) is 0.0482. The fourth-order valence-corrected chi connectivity index (χ4v) is 24.9. The summed E-state index contributed by atoms with van der Waals surface area (Å²) in [6.45, 7) is 8.83. The maximum atomic E-state index is 6.90. The monoisotopic (exact) mass is 1100 g/mol. The predicted molar refractivity (Wildman–Crippen MR) is 283 cm³/mol. The Labute approximate surface area is 400 Å². The van der Waals surface area contributed by atoms with Gasteiger partial charge in [0.25, 0.3) is 0 Å². The third kappa shape index (κ3) is 28.9. The Bertz CT molecular complexity index is 1070. The fraction of sp³-hybridized carbons (Fsp3) is 0.927. The second-order valence-electron chi connectivity index (χ2n) is 22.1. The predicted octanol–water partition coefficient (Wildman–Crippen LogP) is 17.7. The van der Waals surface area contributed by atoms with E-state index in [1.54, 1.807) is 5.79 Å². The van der Waals surface area contributed by atoms with Gasteiger partial charge in [0.15, 0.2) is 0 Å². The Balaban J connectivity index is 1.65. The number of ether oxygens (including phenoxy) is 4. The molecule has 366 valence electrons. The van der Waals surface area contributed by atoms with Gasteiger partial charge in [0, 0.05) is 0 Å². The normalized spacial score (nSPS) is 14.2. The first-order valence-electron chi connectivity index (χ1n) is 27.6. The fourth-order valence-electron chi connectivity index (χ4n) is 9.14. The van der Waals surface area contributed by atoms with Crippen molar-refractivity contribution in [1.82, 2.24) is 0 Å². The van der Waals surface area contributed by atoms with Gasteiger partial charge >= 0.3 is 210 Å². The Morgan fingerprint density at radius 2 is 0.597 bits per heavy atom. The molecule has 4 nitrogen and oxygen atoms in total. The molecule has 1 aromatic heterocycles. The van der Waals surface area contributed by atoms with E-state index in [1.807, 2.05) is 0 Å². The van der Waals surface area contributed by atoms with Crippen LogP contribution < -0.4 is 15.3 Å². The van der Waals surface area contributed by atoms with Crippen LogP contribution in [0.2, 0.25) is 29.6 Å². The van der Waals surface area contributed by atoms with Gasteiger partial charge in [0.05, 0.1) is 0 Å². The second kappa shape index (κ2) is 37.8. The van der Waals surface area contributed by atoms with E-state index in [0.29, 0.717) is 26.4 Å². The van der Waals surface area contributed by atoms with E-state index < -0.39 is 36.8 Å². The minimum atomic E-state index is -2.42. The van der Waals surface area contributed by atoms with Gasteiger partial charge < -0.3 is 0 Å². The molecule has 0 aliphatic carbocycles. The van der Waals surface area contributed by atoms with Gasteiger partial charge in [-0.15, -0.1) is 0 Å². The Morgan fingerprint density at radius 1 is 0.371 bits per heavy atom. The van der Waals surface area contributed by atoms with Gasteiger partial charge in [0.2, 0.25) is 0 Å². The summed E-state index contributed by atoms with van der Waals surface area (Å²) in [5.74, 6) is 2.21. The van der Waals surface area contributed by atoms with E-state index in [9.17, 15) is 0 Å². The molecule has 0 saturated heterocycles. The van der Waals surface area contributed by atoms with E-state index in [4.69, 9.17) is 18.9 Å². The van der Waals surface area contributed by atoms with Crippen LogP contribution in [0.25, 0.3) is 0 Å². The molecule has 2 rings (SSSR count). The molecule has 1 aliphatic rings. The minimum absolute atomic E-state index is 0.269. The molecule has 0 bridgehead atoms. The summed E-state index contributed by atoms with van der Waals surface area (Å²) in [5, 5.41) is 0. The van der Waals surface area contributed by atoms with E-state index in [0.717, 1.165) is 37.6 Å². The zero-order valence-corrected chi connectivity index (χ0v) is 49.8. The van der Waals surface area contributed by atoms with Crippen molar-refractivity contribution >= 4 is 53.9 Å². The molecule has 0 spiro atoms. The van der Waals surface area contributed by atoms with Crippen LogP contribution in [0.15, 0.2) is 0 Å². The van der Waals surface area contributed by atoms with E-state index in [-0.39, 0.29) is 5.41 Å². The van der Waals surface area contributed by atoms with Gasteiger partial charge in [-0.3, -0.25) is 0 Å². The number of hydrogen-bond donors (Lipinski definition) is 0. The standard InChI is InChI=1S/C49H90O4S.6CH3.2Sn/c1-3-5-7-9-11-13-15-17-19-21-23-25-27-29-31-33-35-37-39-50-43-49(45-52-47-41-54-42-48(47)53-46-49)44-51-40-38-36-34-32-30-28-26-24-22-20-18-16-14-12-10-8-6-4-2;;;;;;;;/h3-40,43-46H2,1-2H3;6*1H3;;. The van der Waals surface area contributed by atoms with Crippen LogP contribution in [0.1, 0.15) is 245 Å². The molecule has 0 N–H and O–H groups in total. The molecule has 7 heteroatoms. The first-order valence-corrected chi connectivity index (χ1v) is 48.4. The molecule has 0 radical (unpaired) electrons. The van der Waals surface area contributed by atoms with Crippen LogP contribution in [-0.2, 0) is 9.47 Å². The topological polar surface area (TPSA) is 36.9 Å². The van der Waals surface area contributed by atoms with Crippen molar-refractivity contribution < 1.29 is 18.9 Å². The summed E-state index contributed by atoms with van der Waals surface area (Å²) >= 11 is -2.78. The first kappa shape index (κ1) is 58.9. The molecule has 0 atom stereocenters. The molecule has 1 aliphatic heterocycles. The zero-order chi connectivity index (χ0) is 45.0. The van der Waals surface area contributed by atoms with Crippen LogP contribution in [0.3, 0.4) is 0 Å². The van der Waals surface area contributed by atoms with Crippen molar-refractivity contribution in [2.45, 2.75) is 275 Å². The number of thiophene rings is 1. The second-order valence-corrected chi connectivity index (χ2v) is 53.8. The van der Waals surface area contributed by atoms with E-state index in [2.05, 4.69) is 54.8 Å². The number of hydrogen-bond acceptors (Lipinski definition) is 5. The summed E-state index contributed by atoms with van der Waals surface area (Å²) in [7, 11) is 0. The Kier molecular flexibility index (Phi) is 35.9. The number of fused-ring (bicyclic) bond motifs is 1. The zero-order valence-electron chi connectivity index (χ0n) is 43.2. The van der Waals surface area contributed by atoms with E-state index >= 15 is 0 Å². The van der Waals surface area contributed by atoms with Crippen molar-refractivity contribution in [3.63, 3.8) is 0 Å². The maximum absolute atomic E-state index is 6.90. The van der Waals surface area contributed by atoms with Gasteiger partial charge in [0.1, 0.15) is 0 Å². The molecule has 62 heavy (non-hydrogen) atoms. The van der Waals surface area contributed by atoms with Crippen LogP contribution in [0.5, 0.6) is 11.5 Å². The third-order valence-electron chi connectivity index (χ3n) is 13.3. The summed E-state index contributed by atoms with van der Waals surface area (Å²) < 4.78 is 29.9. The summed E-state index contributed by atoms with van der Waals surface area (Å²) in [4.78, 5) is 15.1. The van der Waals surface area contributed by atoms with Gasteiger partial charge in [-0.2, -0.15) is 0 Å². The average Bonchev–Trinajstić information content (AvgIpc) is 3.54. The van der Waals surface area contributed by atoms with Crippen LogP contribution in [0.4, 0.5) is 0 Å². The molecular weight excluding hydrogens is 994 g/mol. The summed E-state index contributed by atoms with van der Waals surface area (Å²) in [6, 6.07) is 0. The van der Waals surface area contributed by atoms with Crippen molar-refractivity contribution in [3.05, 3.63) is 0 Å². The molecule has 0 unspecified atom stereocenters. The van der Waals surface area contributed by atoms with Crippen molar-refractivity contribution in [2.24, 2.45) is 5.41 Å². The Hall–Kier alpha value is 0.817. The van der Waals surface area contributed by atoms with Gasteiger partial charge in [-0.25, -0.2) is 0 Å². The number of unbranched alkanes of at least 4 members (excludes halogenated alkanes) is 34. The van der Waals surface area contributed by atoms with Crippen LogP contribution in [-0.4, -0.2) is 76.4 Å². The first-order chi connectivity index (χ1) is 30.0. The van der Waals surface area contributed by atoms with Crippen LogP contribution >= 0.6 is 11.3 Å². The third-order valence-corrected chi connectivity index (χ3v) is 33.1. The SMILES string of the molecule is CCCCCCCCCCCCCCCCCCCCOCC1(COCCCCCCCCCCCCCCCCCCCC)COc2[c]([Sn]([CH3])([CH3])[CH3])s[c]([Sn]([CH3])([CH3])[CH3])c2OC1. The molecule has 0 saturated carbocycles. The summed E-state index contributed by atoms with van der Waals surface area (Å²) in [5.41, 5.74) is -0.269. The van der Waals surface area contributed by atoms with Gasteiger partial charge in [-0.05, 0) is 0 Å². The van der Waals surface area contributed by atoms with E-state index in [1.165, 1.54) is 218 Å². The van der Waals surface area contributed by atoms with Crippen LogP contribution in [0, 0.1) is 5.41 Å². The summed E-state index contributed by atoms with van der Waals surface area (Å²) in [6.07, 6.45) is 50.5. The molecule has 1 aromatic rings. The molecule has 0 amide bonds. The van der Waals surface area contributed by atoms with Crippen molar-refractivity contribution in [2.75, 3.05) is 39.6 Å². The number of rotatable bonds is 44. The van der Waals surface area contributed by atoms with Crippen molar-refractivity contribution in [1.29, 1.82) is 0 Å². The Morgan fingerprint density at radius 3 is 0.823 bits per heavy atom. The molecular formula is C55H108O4SSn2. The average molecular weight is 1100 g/mol.